The predicted octanol–water partition coefficient (Wildman–Crippen LogP) is 1.75. The van der Waals surface area contributed by atoms with E-state index in [0.717, 1.165) is 24.3 Å². The number of thioether (sulfide) groups is 1. The number of nitrogens with zero attached hydrogens (tertiary/aromatic N) is 1. The van der Waals surface area contributed by atoms with E-state index in [4.69, 9.17) is 0 Å². The first kappa shape index (κ1) is 12.2. The number of carbonyl (C=O) groups is 1. The summed E-state index contributed by atoms with van der Waals surface area (Å²) in [5.74, 6) is 2.88. The van der Waals surface area contributed by atoms with E-state index in [0.29, 0.717) is 17.4 Å². The number of pyridine rings is 1. The van der Waals surface area contributed by atoms with E-state index in [-0.39, 0.29) is 5.91 Å². The van der Waals surface area contributed by atoms with Crippen LogP contribution < -0.4 is 10.6 Å². The van der Waals surface area contributed by atoms with Crippen LogP contribution in [0.3, 0.4) is 0 Å². The van der Waals surface area contributed by atoms with Crippen molar-refractivity contribution >= 4 is 23.5 Å². The Balaban J connectivity index is 2.03. The molecule has 1 fully saturated rings. The van der Waals surface area contributed by atoms with E-state index in [1.807, 2.05) is 11.8 Å². The molecule has 1 saturated heterocycles. The third-order valence-corrected chi connectivity index (χ3v) is 3.89. The molecule has 1 aromatic rings. The van der Waals surface area contributed by atoms with Gasteiger partial charge in [-0.15, -0.1) is 0 Å². The summed E-state index contributed by atoms with van der Waals surface area (Å²) in [6, 6.07) is 3.90. The van der Waals surface area contributed by atoms with Gasteiger partial charge in [0, 0.05) is 19.3 Å². The van der Waals surface area contributed by atoms with Crippen molar-refractivity contribution in [3.8, 4) is 0 Å². The Morgan fingerprint density at radius 2 is 2.24 bits per heavy atom. The smallest absolute Gasteiger partial charge is 0.255 e. The minimum atomic E-state index is -0.0284. The molecule has 17 heavy (non-hydrogen) atoms. The Bertz CT molecular complexity index is 391. The van der Waals surface area contributed by atoms with Crippen LogP contribution in [0.4, 0.5) is 5.82 Å². The van der Waals surface area contributed by atoms with Crippen LogP contribution in [0.15, 0.2) is 18.3 Å². The Hall–Kier alpha value is -1.23. The molecule has 1 aromatic heterocycles. The average Bonchev–Trinajstić information content (AvgIpc) is 2.40. The molecule has 1 amide bonds. The van der Waals surface area contributed by atoms with E-state index < -0.39 is 0 Å². The van der Waals surface area contributed by atoms with Crippen molar-refractivity contribution in [2.75, 3.05) is 23.9 Å². The quantitative estimate of drug-likeness (QED) is 0.859. The zero-order valence-electron chi connectivity index (χ0n) is 9.90. The van der Waals surface area contributed by atoms with Gasteiger partial charge < -0.3 is 10.6 Å². The maximum absolute atomic E-state index is 12.1. The van der Waals surface area contributed by atoms with Crippen molar-refractivity contribution in [3.63, 3.8) is 0 Å². The lowest BCUT2D eigenvalue weighted by Crippen LogP contribution is -2.37. The van der Waals surface area contributed by atoms with E-state index in [9.17, 15) is 4.79 Å². The number of rotatable bonds is 3. The molecule has 2 N–H and O–H groups in total. The van der Waals surface area contributed by atoms with Gasteiger partial charge in [0.1, 0.15) is 5.82 Å². The van der Waals surface area contributed by atoms with Gasteiger partial charge in [-0.3, -0.25) is 4.79 Å². The standard InChI is InChI=1S/C12H17N3OS/c1-13-11-10(3-2-6-14-11)12(16)15-9-4-7-17-8-5-9/h2-3,6,9H,4-5,7-8H2,1H3,(H,13,14)(H,15,16). The summed E-state index contributed by atoms with van der Waals surface area (Å²) in [4.78, 5) is 16.2. The third-order valence-electron chi connectivity index (χ3n) is 2.85. The van der Waals surface area contributed by atoms with Gasteiger partial charge in [0.05, 0.1) is 5.56 Å². The Kier molecular flexibility index (Phi) is 4.25. The molecule has 1 aliphatic heterocycles. The van der Waals surface area contributed by atoms with Crippen LogP contribution in [0.5, 0.6) is 0 Å². The van der Waals surface area contributed by atoms with Crippen molar-refractivity contribution in [1.29, 1.82) is 0 Å². The molecule has 0 saturated carbocycles. The fourth-order valence-electron chi connectivity index (χ4n) is 1.89. The van der Waals surface area contributed by atoms with Crippen molar-refractivity contribution in [2.24, 2.45) is 0 Å². The van der Waals surface area contributed by atoms with Gasteiger partial charge >= 0.3 is 0 Å². The summed E-state index contributed by atoms with van der Waals surface area (Å²) in [6.07, 6.45) is 3.80. The lowest BCUT2D eigenvalue weighted by atomic mass is 10.1. The fourth-order valence-corrected chi connectivity index (χ4v) is 3.00. The third kappa shape index (κ3) is 3.12. The minimum Gasteiger partial charge on any atom is -0.372 e. The summed E-state index contributed by atoms with van der Waals surface area (Å²) < 4.78 is 0. The first-order valence-electron chi connectivity index (χ1n) is 5.82. The summed E-state index contributed by atoms with van der Waals surface area (Å²) in [6.45, 7) is 0. The lowest BCUT2D eigenvalue weighted by Gasteiger charge is -2.22. The minimum absolute atomic E-state index is 0.0284. The van der Waals surface area contributed by atoms with Gasteiger partial charge in [0.15, 0.2) is 0 Å². The number of anilines is 1. The van der Waals surface area contributed by atoms with Crippen LogP contribution in [-0.2, 0) is 0 Å². The second-order valence-corrected chi connectivity index (χ2v) is 5.23. The Labute approximate surface area is 106 Å². The van der Waals surface area contributed by atoms with E-state index >= 15 is 0 Å². The zero-order valence-corrected chi connectivity index (χ0v) is 10.7. The molecule has 0 aromatic carbocycles. The predicted molar refractivity (Wildman–Crippen MR) is 71.6 cm³/mol. The highest BCUT2D eigenvalue weighted by Crippen LogP contribution is 2.18. The van der Waals surface area contributed by atoms with Crippen molar-refractivity contribution in [1.82, 2.24) is 10.3 Å². The molecular formula is C12H17N3OS. The maximum Gasteiger partial charge on any atom is 0.255 e. The average molecular weight is 251 g/mol. The molecule has 0 atom stereocenters. The first-order valence-corrected chi connectivity index (χ1v) is 6.98. The van der Waals surface area contributed by atoms with Gasteiger partial charge in [-0.05, 0) is 36.5 Å². The normalized spacial score (nSPS) is 16.5. The van der Waals surface area contributed by atoms with Gasteiger partial charge in [-0.2, -0.15) is 11.8 Å². The molecule has 5 heteroatoms. The highest BCUT2D eigenvalue weighted by molar-refractivity contribution is 7.99. The molecule has 1 aliphatic rings. The highest BCUT2D eigenvalue weighted by atomic mass is 32.2. The molecule has 0 aliphatic carbocycles. The molecule has 0 radical (unpaired) electrons. The van der Waals surface area contributed by atoms with Crippen LogP contribution in [0, 0.1) is 0 Å². The van der Waals surface area contributed by atoms with Gasteiger partial charge in [-0.1, -0.05) is 0 Å². The second kappa shape index (κ2) is 5.91. The van der Waals surface area contributed by atoms with Gasteiger partial charge in [0.25, 0.3) is 5.91 Å². The maximum atomic E-state index is 12.1. The van der Waals surface area contributed by atoms with E-state index in [1.54, 1.807) is 25.4 Å². The SMILES string of the molecule is CNc1ncccc1C(=O)NC1CCSCC1. The monoisotopic (exact) mass is 251 g/mol. The number of hydrogen-bond donors (Lipinski definition) is 2. The number of hydrogen-bond acceptors (Lipinski definition) is 4. The number of carbonyl (C=O) groups excluding carboxylic acids is 1. The molecular weight excluding hydrogens is 234 g/mol. The largest absolute Gasteiger partial charge is 0.372 e. The van der Waals surface area contributed by atoms with Crippen LogP contribution in [0.2, 0.25) is 0 Å². The topological polar surface area (TPSA) is 54.0 Å². The number of aromatic nitrogens is 1. The molecule has 2 rings (SSSR count). The molecule has 0 spiro atoms. The highest BCUT2D eigenvalue weighted by Gasteiger charge is 2.18. The molecule has 2 heterocycles. The van der Waals surface area contributed by atoms with E-state index in [2.05, 4.69) is 15.6 Å². The molecule has 4 nitrogen and oxygen atoms in total. The number of nitrogens with one attached hydrogen (secondary N) is 2. The van der Waals surface area contributed by atoms with Gasteiger partial charge in [-0.25, -0.2) is 4.98 Å². The molecule has 0 bridgehead atoms. The van der Waals surface area contributed by atoms with Crippen LogP contribution >= 0.6 is 11.8 Å². The summed E-state index contributed by atoms with van der Waals surface area (Å²) in [5.41, 5.74) is 0.619. The lowest BCUT2D eigenvalue weighted by molar-refractivity contribution is 0.0935. The number of amides is 1. The Morgan fingerprint density at radius 1 is 1.47 bits per heavy atom. The zero-order chi connectivity index (χ0) is 12.1. The van der Waals surface area contributed by atoms with Crippen molar-refractivity contribution in [3.05, 3.63) is 23.9 Å². The second-order valence-electron chi connectivity index (χ2n) is 4.01. The van der Waals surface area contributed by atoms with Crippen LogP contribution in [0.25, 0.3) is 0 Å². The van der Waals surface area contributed by atoms with Crippen molar-refractivity contribution < 1.29 is 4.79 Å². The summed E-state index contributed by atoms with van der Waals surface area (Å²) in [5, 5.41) is 6.02. The first-order chi connectivity index (χ1) is 8.31. The summed E-state index contributed by atoms with van der Waals surface area (Å²) >= 11 is 1.95. The fraction of sp³-hybridized carbons (Fsp3) is 0.500. The Morgan fingerprint density at radius 3 is 2.94 bits per heavy atom. The van der Waals surface area contributed by atoms with Crippen LogP contribution in [-0.4, -0.2) is 35.5 Å². The summed E-state index contributed by atoms with van der Waals surface area (Å²) in [7, 11) is 1.77. The van der Waals surface area contributed by atoms with Crippen LogP contribution in [0.1, 0.15) is 23.2 Å². The van der Waals surface area contributed by atoms with Crippen molar-refractivity contribution in [2.45, 2.75) is 18.9 Å². The molecule has 92 valence electrons. The molecule has 0 unspecified atom stereocenters. The van der Waals surface area contributed by atoms with Gasteiger partial charge in [0.2, 0.25) is 0 Å². The van der Waals surface area contributed by atoms with E-state index in [1.165, 1.54) is 0 Å².